The van der Waals surface area contributed by atoms with Crippen molar-refractivity contribution in [2.45, 2.75) is 38.8 Å². The molecule has 3 nitrogen and oxygen atoms in total. The Kier molecular flexibility index (Phi) is 6.02. The van der Waals surface area contributed by atoms with Gasteiger partial charge in [0.05, 0.1) is 6.10 Å². The third-order valence-electron chi connectivity index (χ3n) is 4.42. The molecule has 0 radical (unpaired) electrons. The molecule has 1 aromatic carbocycles. The van der Waals surface area contributed by atoms with Gasteiger partial charge in [-0.05, 0) is 36.8 Å². The molecule has 1 aromatic rings. The normalized spacial score (nSPS) is 25.6. The van der Waals surface area contributed by atoms with Gasteiger partial charge in [0.1, 0.15) is 0 Å². The second kappa shape index (κ2) is 7.77. The van der Waals surface area contributed by atoms with Crippen molar-refractivity contribution < 1.29 is 4.74 Å². The largest absolute Gasteiger partial charge is 0.378 e. The van der Waals surface area contributed by atoms with E-state index in [1.807, 2.05) is 6.07 Å². The van der Waals surface area contributed by atoms with Gasteiger partial charge in [-0.1, -0.05) is 44.2 Å². The van der Waals surface area contributed by atoms with Crippen LogP contribution in [0.3, 0.4) is 0 Å². The lowest BCUT2D eigenvalue weighted by atomic mass is 9.94. The number of hydrogen-bond donors (Lipinski definition) is 2. The van der Waals surface area contributed by atoms with Crippen LogP contribution in [-0.2, 0) is 4.74 Å². The predicted octanol–water partition coefficient (Wildman–Crippen LogP) is 2.73. The zero-order valence-corrected chi connectivity index (χ0v) is 12.7. The van der Waals surface area contributed by atoms with Gasteiger partial charge in [-0.2, -0.15) is 0 Å². The third kappa shape index (κ3) is 4.05. The van der Waals surface area contributed by atoms with Crippen molar-refractivity contribution in [3.63, 3.8) is 0 Å². The van der Waals surface area contributed by atoms with Crippen molar-refractivity contribution in [1.29, 1.82) is 0 Å². The van der Waals surface area contributed by atoms with Gasteiger partial charge >= 0.3 is 0 Å². The van der Waals surface area contributed by atoms with Crippen molar-refractivity contribution in [2.75, 3.05) is 19.7 Å². The molecule has 1 saturated heterocycles. The van der Waals surface area contributed by atoms with Gasteiger partial charge in [-0.25, -0.2) is 0 Å². The maximum atomic E-state index is 6.32. The highest BCUT2D eigenvalue weighted by Crippen LogP contribution is 2.23. The summed E-state index contributed by atoms with van der Waals surface area (Å²) in [7, 11) is 0. The maximum Gasteiger partial charge on any atom is 0.0613 e. The van der Waals surface area contributed by atoms with E-state index in [2.05, 4.69) is 43.4 Å². The molecule has 0 aromatic heterocycles. The van der Waals surface area contributed by atoms with Crippen LogP contribution in [0.15, 0.2) is 30.3 Å². The second-order valence-corrected chi connectivity index (χ2v) is 5.94. The van der Waals surface area contributed by atoms with Crippen LogP contribution in [0.5, 0.6) is 0 Å². The molecule has 1 aliphatic heterocycles. The fraction of sp³-hybridized carbons (Fsp3) is 0.647. The summed E-state index contributed by atoms with van der Waals surface area (Å²) in [6.07, 6.45) is 2.75. The molecule has 0 amide bonds. The zero-order chi connectivity index (χ0) is 14.4. The lowest BCUT2D eigenvalue weighted by molar-refractivity contribution is 0.0870. The first-order valence-corrected chi connectivity index (χ1v) is 7.85. The summed E-state index contributed by atoms with van der Waals surface area (Å²) in [5.41, 5.74) is 7.54. The summed E-state index contributed by atoms with van der Waals surface area (Å²) in [5, 5.41) is 3.58. The third-order valence-corrected chi connectivity index (χ3v) is 4.42. The number of nitrogens with one attached hydrogen (secondary N) is 1. The molecule has 1 fully saturated rings. The van der Waals surface area contributed by atoms with Crippen LogP contribution in [0.4, 0.5) is 0 Å². The highest BCUT2D eigenvalue weighted by Gasteiger charge is 2.26. The van der Waals surface area contributed by atoms with E-state index in [0.29, 0.717) is 17.9 Å². The van der Waals surface area contributed by atoms with Crippen molar-refractivity contribution in [3.8, 4) is 0 Å². The molecule has 0 bridgehead atoms. The van der Waals surface area contributed by atoms with Crippen LogP contribution in [0, 0.1) is 11.8 Å². The number of benzene rings is 1. The Hall–Kier alpha value is -0.900. The smallest absolute Gasteiger partial charge is 0.0613 e. The highest BCUT2D eigenvalue weighted by atomic mass is 16.5. The molecule has 4 atom stereocenters. The molecule has 4 unspecified atom stereocenters. The molecular formula is C17H28N2O. The minimum atomic E-state index is 0.102. The quantitative estimate of drug-likeness (QED) is 0.805. The number of hydrogen-bond acceptors (Lipinski definition) is 3. The molecule has 1 heterocycles. The fourth-order valence-electron chi connectivity index (χ4n) is 3.00. The first kappa shape index (κ1) is 15.5. The Bertz CT molecular complexity index is 382. The zero-order valence-electron chi connectivity index (χ0n) is 12.7. The monoisotopic (exact) mass is 276 g/mol. The van der Waals surface area contributed by atoms with E-state index in [1.54, 1.807) is 0 Å². The van der Waals surface area contributed by atoms with Gasteiger partial charge in [0.25, 0.3) is 0 Å². The first-order valence-electron chi connectivity index (χ1n) is 7.85. The van der Waals surface area contributed by atoms with Crippen molar-refractivity contribution in [1.82, 2.24) is 5.32 Å². The van der Waals surface area contributed by atoms with E-state index in [1.165, 1.54) is 12.0 Å². The Morgan fingerprint density at radius 2 is 2.10 bits per heavy atom. The topological polar surface area (TPSA) is 47.3 Å². The molecule has 0 spiro atoms. The van der Waals surface area contributed by atoms with E-state index in [4.69, 9.17) is 10.5 Å². The van der Waals surface area contributed by atoms with Crippen LogP contribution in [-0.4, -0.2) is 25.8 Å². The number of nitrogens with two attached hydrogens (primary N) is 1. The SMILES string of the molecule is CCC1OCCC1CNCC(C)C(N)c1ccccc1. The van der Waals surface area contributed by atoms with Crippen LogP contribution < -0.4 is 11.1 Å². The number of ether oxygens (including phenoxy) is 1. The van der Waals surface area contributed by atoms with Crippen LogP contribution >= 0.6 is 0 Å². The predicted molar refractivity (Wildman–Crippen MR) is 83.5 cm³/mol. The van der Waals surface area contributed by atoms with Crippen molar-refractivity contribution >= 4 is 0 Å². The summed E-state index contributed by atoms with van der Waals surface area (Å²) in [5.74, 6) is 1.10. The molecule has 3 heteroatoms. The molecular weight excluding hydrogens is 248 g/mol. The summed E-state index contributed by atoms with van der Waals surface area (Å²) < 4.78 is 5.72. The Morgan fingerprint density at radius 3 is 2.80 bits per heavy atom. The van der Waals surface area contributed by atoms with Gasteiger partial charge in [-0.15, -0.1) is 0 Å². The standard InChI is InChI=1S/C17H28N2O/c1-3-16-15(9-10-20-16)12-19-11-13(2)17(18)14-7-5-4-6-8-14/h4-8,13,15-17,19H,3,9-12,18H2,1-2H3. The van der Waals surface area contributed by atoms with Crippen LogP contribution in [0.1, 0.15) is 38.3 Å². The van der Waals surface area contributed by atoms with E-state index < -0.39 is 0 Å². The van der Waals surface area contributed by atoms with Crippen LogP contribution in [0.2, 0.25) is 0 Å². The Balaban J connectivity index is 1.73. The molecule has 3 N–H and O–H groups in total. The van der Waals surface area contributed by atoms with E-state index in [-0.39, 0.29) is 6.04 Å². The average Bonchev–Trinajstić information content (AvgIpc) is 2.94. The summed E-state index contributed by atoms with van der Waals surface area (Å²) >= 11 is 0. The van der Waals surface area contributed by atoms with E-state index in [9.17, 15) is 0 Å². The lowest BCUT2D eigenvalue weighted by Gasteiger charge is -2.23. The molecule has 20 heavy (non-hydrogen) atoms. The van der Waals surface area contributed by atoms with E-state index >= 15 is 0 Å². The second-order valence-electron chi connectivity index (χ2n) is 5.94. The molecule has 2 rings (SSSR count). The average molecular weight is 276 g/mol. The molecule has 1 aliphatic rings. The summed E-state index contributed by atoms with van der Waals surface area (Å²) in [6, 6.07) is 10.5. The minimum absolute atomic E-state index is 0.102. The van der Waals surface area contributed by atoms with Crippen LogP contribution in [0.25, 0.3) is 0 Å². The van der Waals surface area contributed by atoms with Crippen molar-refractivity contribution in [3.05, 3.63) is 35.9 Å². The fourth-order valence-corrected chi connectivity index (χ4v) is 3.00. The molecule has 0 aliphatic carbocycles. The summed E-state index contributed by atoms with van der Waals surface area (Å²) in [4.78, 5) is 0. The summed E-state index contributed by atoms with van der Waals surface area (Å²) in [6.45, 7) is 7.35. The van der Waals surface area contributed by atoms with Gasteiger partial charge in [-0.3, -0.25) is 0 Å². The van der Waals surface area contributed by atoms with Gasteiger partial charge < -0.3 is 15.8 Å². The van der Waals surface area contributed by atoms with Gasteiger partial charge in [0, 0.05) is 19.2 Å². The van der Waals surface area contributed by atoms with Gasteiger partial charge in [0.15, 0.2) is 0 Å². The maximum absolute atomic E-state index is 6.32. The van der Waals surface area contributed by atoms with E-state index in [0.717, 1.165) is 26.1 Å². The van der Waals surface area contributed by atoms with Gasteiger partial charge in [0.2, 0.25) is 0 Å². The molecule has 0 saturated carbocycles. The molecule has 112 valence electrons. The number of rotatable bonds is 7. The minimum Gasteiger partial charge on any atom is -0.378 e. The Morgan fingerprint density at radius 1 is 1.35 bits per heavy atom. The lowest BCUT2D eigenvalue weighted by Crippen LogP contribution is -2.34. The highest BCUT2D eigenvalue weighted by molar-refractivity contribution is 5.19. The Labute approximate surface area is 122 Å². The van der Waals surface area contributed by atoms with Crippen molar-refractivity contribution in [2.24, 2.45) is 17.6 Å². The first-order chi connectivity index (χ1) is 9.72.